The molecule has 126 valence electrons. The molecule has 2 aromatic rings. The number of rotatable bonds is 4. The maximum Gasteiger partial charge on any atom is 0.251 e. The van der Waals surface area contributed by atoms with Crippen molar-refractivity contribution in [3.63, 3.8) is 0 Å². The van der Waals surface area contributed by atoms with Gasteiger partial charge in [-0.3, -0.25) is 4.79 Å². The van der Waals surface area contributed by atoms with Gasteiger partial charge in [0.05, 0.1) is 0 Å². The third kappa shape index (κ3) is 3.29. The van der Waals surface area contributed by atoms with Crippen LogP contribution in [0.4, 0.5) is 0 Å². The van der Waals surface area contributed by atoms with Crippen molar-refractivity contribution in [2.75, 3.05) is 19.8 Å². The molecule has 1 amide bonds. The molecule has 1 heterocycles. The highest BCUT2D eigenvalue weighted by Crippen LogP contribution is 2.35. The van der Waals surface area contributed by atoms with Crippen molar-refractivity contribution in [2.45, 2.75) is 6.42 Å². The lowest BCUT2D eigenvalue weighted by Gasteiger charge is -2.18. The van der Waals surface area contributed by atoms with Crippen LogP contribution in [0, 0.1) is 0 Å². The molecular weight excluding hydrogens is 314 g/mol. The van der Waals surface area contributed by atoms with E-state index < -0.39 is 23.2 Å². The Bertz CT molecular complexity index is 751. The predicted octanol–water partition coefficient (Wildman–Crippen LogP) is 1.55. The number of hydrogen-bond donors (Lipinski definition) is 4. The second-order valence-corrected chi connectivity index (χ2v) is 5.35. The molecule has 3 rings (SSSR count). The normalized spacial score (nSPS) is 12.7. The highest BCUT2D eigenvalue weighted by Gasteiger charge is 2.14. The SMILES string of the molecule is O=C(NCCc1ccc2c(c1)OCCO2)c1cc(O)c(O)c(O)c1. The summed E-state index contributed by atoms with van der Waals surface area (Å²) in [7, 11) is 0. The summed E-state index contributed by atoms with van der Waals surface area (Å²) in [5.41, 5.74) is 1.04. The van der Waals surface area contributed by atoms with Gasteiger partial charge in [-0.2, -0.15) is 0 Å². The Balaban J connectivity index is 1.59. The van der Waals surface area contributed by atoms with Crippen LogP contribution in [0.5, 0.6) is 28.7 Å². The Morgan fingerprint density at radius 2 is 1.67 bits per heavy atom. The molecule has 7 heteroatoms. The molecule has 0 radical (unpaired) electrons. The van der Waals surface area contributed by atoms with E-state index in [4.69, 9.17) is 9.47 Å². The van der Waals surface area contributed by atoms with E-state index >= 15 is 0 Å². The number of carbonyl (C=O) groups excluding carboxylic acids is 1. The fourth-order valence-corrected chi connectivity index (χ4v) is 2.40. The molecule has 0 spiro atoms. The summed E-state index contributed by atoms with van der Waals surface area (Å²) in [4.78, 5) is 12.0. The first-order chi connectivity index (χ1) is 11.5. The van der Waals surface area contributed by atoms with E-state index in [2.05, 4.69) is 5.32 Å². The Kier molecular flexibility index (Phi) is 4.33. The molecule has 0 unspecified atom stereocenters. The maximum atomic E-state index is 12.0. The van der Waals surface area contributed by atoms with Crippen molar-refractivity contribution in [3.8, 4) is 28.7 Å². The molecule has 0 fully saturated rings. The van der Waals surface area contributed by atoms with Gasteiger partial charge in [0.15, 0.2) is 28.7 Å². The fourth-order valence-electron chi connectivity index (χ4n) is 2.40. The molecular formula is C17H17NO6. The average Bonchev–Trinajstić information content (AvgIpc) is 2.59. The second kappa shape index (κ2) is 6.57. The summed E-state index contributed by atoms with van der Waals surface area (Å²) in [5.74, 6) is -0.803. The zero-order valence-corrected chi connectivity index (χ0v) is 12.8. The molecule has 4 N–H and O–H groups in total. The monoisotopic (exact) mass is 331 g/mol. The van der Waals surface area contributed by atoms with Gasteiger partial charge >= 0.3 is 0 Å². The molecule has 0 saturated carbocycles. The number of phenols is 3. The summed E-state index contributed by atoms with van der Waals surface area (Å²) in [6, 6.07) is 7.79. The largest absolute Gasteiger partial charge is 0.504 e. The second-order valence-electron chi connectivity index (χ2n) is 5.35. The quantitative estimate of drug-likeness (QED) is 0.633. The van der Waals surface area contributed by atoms with E-state index in [0.29, 0.717) is 37.7 Å². The van der Waals surface area contributed by atoms with Crippen molar-refractivity contribution in [1.29, 1.82) is 0 Å². The number of aromatic hydroxyl groups is 3. The van der Waals surface area contributed by atoms with Gasteiger partial charge in [-0.15, -0.1) is 0 Å². The maximum absolute atomic E-state index is 12.0. The van der Waals surface area contributed by atoms with E-state index in [0.717, 1.165) is 17.7 Å². The molecule has 0 aromatic heterocycles. The van der Waals surface area contributed by atoms with Gasteiger partial charge in [0.25, 0.3) is 5.91 Å². The van der Waals surface area contributed by atoms with Gasteiger partial charge in [0.1, 0.15) is 13.2 Å². The van der Waals surface area contributed by atoms with Crippen LogP contribution in [-0.4, -0.2) is 41.0 Å². The Morgan fingerprint density at radius 1 is 1.00 bits per heavy atom. The molecule has 24 heavy (non-hydrogen) atoms. The van der Waals surface area contributed by atoms with E-state index in [-0.39, 0.29) is 5.56 Å². The molecule has 0 aliphatic carbocycles. The lowest BCUT2D eigenvalue weighted by Crippen LogP contribution is -2.25. The number of carbonyl (C=O) groups is 1. The van der Waals surface area contributed by atoms with Gasteiger partial charge in [-0.25, -0.2) is 0 Å². The lowest BCUT2D eigenvalue weighted by atomic mass is 10.1. The Hall–Kier alpha value is -3.09. The minimum absolute atomic E-state index is 0.0602. The predicted molar refractivity (Wildman–Crippen MR) is 84.9 cm³/mol. The van der Waals surface area contributed by atoms with E-state index in [1.165, 1.54) is 0 Å². The minimum Gasteiger partial charge on any atom is -0.504 e. The van der Waals surface area contributed by atoms with Crippen LogP contribution in [0.15, 0.2) is 30.3 Å². The van der Waals surface area contributed by atoms with Gasteiger partial charge in [-0.1, -0.05) is 6.07 Å². The number of fused-ring (bicyclic) bond motifs is 1. The Morgan fingerprint density at radius 3 is 2.38 bits per heavy atom. The number of hydrogen-bond acceptors (Lipinski definition) is 6. The minimum atomic E-state index is -0.650. The summed E-state index contributed by atoms with van der Waals surface area (Å²) >= 11 is 0. The van der Waals surface area contributed by atoms with Crippen molar-refractivity contribution >= 4 is 5.91 Å². The molecule has 0 bridgehead atoms. The van der Waals surface area contributed by atoms with Crippen LogP contribution in [0.3, 0.4) is 0 Å². The number of ether oxygens (including phenoxy) is 2. The number of amides is 1. The summed E-state index contributed by atoms with van der Waals surface area (Å²) in [6.07, 6.45) is 0.582. The summed E-state index contributed by atoms with van der Waals surface area (Å²) in [6.45, 7) is 1.41. The highest BCUT2D eigenvalue weighted by atomic mass is 16.6. The summed E-state index contributed by atoms with van der Waals surface area (Å²) < 4.78 is 11.0. The number of phenolic OH excluding ortho intramolecular Hbond substituents is 3. The zero-order valence-electron chi connectivity index (χ0n) is 12.8. The Labute approximate surface area is 138 Å². The molecule has 2 aromatic carbocycles. The average molecular weight is 331 g/mol. The van der Waals surface area contributed by atoms with Crippen LogP contribution in [-0.2, 0) is 6.42 Å². The molecule has 0 saturated heterocycles. The van der Waals surface area contributed by atoms with Gasteiger partial charge in [-0.05, 0) is 36.2 Å². The van der Waals surface area contributed by atoms with E-state index in [9.17, 15) is 20.1 Å². The van der Waals surface area contributed by atoms with E-state index in [1.54, 1.807) is 0 Å². The van der Waals surface area contributed by atoms with E-state index in [1.807, 2.05) is 18.2 Å². The number of nitrogens with one attached hydrogen (secondary N) is 1. The topological polar surface area (TPSA) is 108 Å². The van der Waals surface area contributed by atoms with Crippen LogP contribution < -0.4 is 14.8 Å². The zero-order chi connectivity index (χ0) is 17.1. The van der Waals surface area contributed by atoms with Crippen LogP contribution in [0.1, 0.15) is 15.9 Å². The van der Waals surface area contributed by atoms with Gasteiger partial charge < -0.3 is 30.1 Å². The number of benzene rings is 2. The van der Waals surface area contributed by atoms with Crippen molar-refractivity contribution < 1.29 is 29.6 Å². The van der Waals surface area contributed by atoms with Crippen LogP contribution in [0.25, 0.3) is 0 Å². The first-order valence-corrected chi connectivity index (χ1v) is 7.46. The summed E-state index contributed by atoms with van der Waals surface area (Å²) in [5, 5.41) is 30.8. The lowest BCUT2D eigenvalue weighted by molar-refractivity contribution is 0.0953. The third-order valence-electron chi connectivity index (χ3n) is 3.64. The third-order valence-corrected chi connectivity index (χ3v) is 3.64. The van der Waals surface area contributed by atoms with Crippen molar-refractivity contribution in [1.82, 2.24) is 5.32 Å². The van der Waals surface area contributed by atoms with Crippen LogP contribution in [0.2, 0.25) is 0 Å². The smallest absolute Gasteiger partial charge is 0.251 e. The van der Waals surface area contributed by atoms with Crippen LogP contribution >= 0.6 is 0 Å². The van der Waals surface area contributed by atoms with Crippen molar-refractivity contribution in [3.05, 3.63) is 41.5 Å². The molecule has 0 atom stereocenters. The molecule has 1 aliphatic rings. The first-order valence-electron chi connectivity index (χ1n) is 7.46. The first kappa shape index (κ1) is 15.8. The van der Waals surface area contributed by atoms with Gasteiger partial charge in [0, 0.05) is 12.1 Å². The van der Waals surface area contributed by atoms with Gasteiger partial charge in [0.2, 0.25) is 0 Å². The molecule has 7 nitrogen and oxygen atoms in total. The molecule has 1 aliphatic heterocycles. The highest BCUT2D eigenvalue weighted by molar-refractivity contribution is 5.95. The standard InChI is InChI=1S/C17H17NO6/c19-12-8-11(9-13(20)16(12)21)17(22)18-4-3-10-1-2-14-15(7-10)24-6-5-23-14/h1-2,7-9,19-21H,3-6H2,(H,18,22). The fraction of sp³-hybridized carbons (Fsp3) is 0.235. The van der Waals surface area contributed by atoms with Crippen molar-refractivity contribution in [2.24, 2.45) is 0 Å².